The summed E-state index contributed by atoms with van der Waals surface area (Å²) in [5.74, 6) is -1.36. The van der Waals surface area contributed by atoms with E-state index in [4.69, 9.17) is 5.73 Å². The summed E-state index contributed by atoms with van der Waals surface area (Å²) in [6.45, 7) is 0.589. The summed E-state index contributed by atoms with van der Waals surface area (Å²) in [5, 5.41) is 8.05. The van der Waals surface area contributed by atoms with Crippen molar-refractivity contribution in [3.63, 3.8) is 0 Å². The zero-order valence-corrected chi connectivity index (χ0v) is 17.7. The van der Waals surface area contributed by atoms with Gasteiger partial charge in [-0.2, -0.15) is 0 Å². The molecule has 4 rings (SSSR count). The molecular weight excluding hydrogens is 414 g/mol. The Morgan fingerprint density at radius 2 is 1.84 bits per heavy atom. The Hall–Kier alpha value is -3.43. The molecule has 3 aliphatic rings. The normalized spacial score (nSPS) is 25.2. The van der Waals surface area contributed by atoms with Crippen molar-refractivity contribution >= 4 is 29.7 Å². The number of imide groups is 1. The van der Waals surface area contributed by atoms with Crippen LogP contribution in [0.15, 0.2) is 18.2 Å². The second-order valence-corrected chi connectivity index (χ2v) is 8.67. The van der Waals surface area contributed by atoms with Crippen LogP contribution >= 0.6 is 0 Å². The monoisotopic (exact) mass is 441 g/mol. The van der Waals surface area contributed by atoms with E-state index in [9.17, 15) is 24.0 Å². The van der Waals surface area contributed by atoms with Crippen LogP contribution in [0.25, 0.3) is 0 Å². The topological polar surface area (TPSA) is 151 Å². The maximum Gasteiger partial charge on any atom is 0.315 e. The highest BCUT2D eigenvalue weighted by molar-refractivity contribution is 6.05. The SMILES string of the molecule is NC(=O)C1CCC(NC(=O)NCc2ccc3c(c2)CN(C2CCC(=O)NC2=O)C3=O)CC1. The van der Waals surface area contributed by atoms with Gasteiger partial charge in [0.05, 0.1) is 0 Å². The Bertz CT molecular complexity index is 969. The number of nitrogens with two attached hydrogens (primary N) is 1. The number of carbonyl (C=O) groups excluding carboxylic acids is 5. The van der Waals surface area contributed by atoms with Gasteiger partial charge in [-0.05, 0) is 49.3 Å². The van der Waals surface area contributed by atoms with Crippen LogP contribution in [0.1, 0.15) is 60.0 Å². The van der Waals surface area contributed by atoms with E-state index >= 15 is 0 Å². The lowest BCUT2D eigenvalue weighted by Crippen LogP contribution is -2.52. The highest BCUT2D eigenvalue weighted by atomic mass is 16.2. The quantitative estimate of drug-likeness (QED) is 0.484. The van der Waals surface area contributed by atoms with Crippen molar-refractivity contribution in [1.82, 2.24) is 20.9 Å². The number of primary amides is 1. The van der Waals surface area contributed by atoms with Crippen LogP contribution in [0.2, 0.25) is 0 Å². The van der Waals surface area contributed by atoms with Crippen molar-refractivity contribution in [3.05, 3.63) is 34.9 Å². The molecule has 0 bridgehead atoms. The van der Waals surface area contributed by atoms with Crippen LogP contribution in [-0.4, -0.2) is 46.6 Å². The maximum absolute atomic E-state index is 12.7. The van der Waals surface area contributed by atoms with Gasteiger partial charge in [0.25, 0.3) is 5.91 Å². The number of nitrogens with zero attached hydrogens (tertiary/aromatic N) is 1. The van der Waals surface area contributed by atoms with E-state index in [0.717, 1.165) is 24.0 Å². The number of rotatable bonds is 5. The molecule has 1 aromatic carbocycles. The van der Waals surface area contributed by atoms with E-state index in [1.165, 1.54) is 4.90 Å². The lowest BCUT2D eigenvalue weighted by atomic mass is 9.86. The Kier molecular flexibility index (Phi) is 6.11. The van der Waals surface area contributed by atoms with Crippen LogP contribution < -0.4 is 21.7 Å². The number of nitrogens with one attached hydrogen (secondary N) is 3. The molecule has 32 heavy (non-hydrogen) atoms. The maximum atomic E-state index is 12.7. The number of carbonyl (C=O) groups is 5. The minimum atomic E-state index is -0.649. The van der Waals surface area contributed by atoms with Crippen molar-refractivity contribution in [2.45, 2.75) is 63.7 Å². The van der Waals surface area contributed by atoms with Crippen LogP contribution in [0.4, 0.5) is 4.79 Å². The largest absolute Gasteiger partial charge is 0.369 e. The van der Waals surface area contributed by atoms with Crippen LogP contribution in [0.5, 0.6) is 0 Å². The van der Waals surface area contributed by atoms with Crippen molar-refractivity contribution in [2.24, 2.45) is 11.7 Å². The lowest BCUT2D eigenvalue weighted by Gasteiger charge is -2.29. The van der Waals surface area contributed by atoms with Crippen molar-refractivity contribution in [3.8, 4) is 0 Å². The molecule has 1 aliphatic carbocycles. The van der Waals surface area contributed by atoms with Gasteiger partial charge < -0.3 is 21.3 Å². The first-order valence-corrected chi connectivity index (χ1v) is 10.9. The molecule has 2 heterocycles. The van der Waals surface area contributed by atoms with Gasteiger partial charge in [0.15, 0.2) is 0 Å². The molecule has 2 aliphatic heterocycles. The second-order valence-electron chi connectivity index (χ2n) is 8.67. The zero-order valence-electron chi connectivity index (χ0n) is 17.7. The highest BCUT2D eigenvalue weighted by Crippen LogP contribution is 2.28. The summed E-state index contributed by atoms with van der Waals surface area (Å²) >= 11 is 0. The average molecular weight is 441 g/mol. The summed E-state index contributed by atoms with van der Waals surface area (Å²) in [6.07, 6.45) is 3.34. The molecule has 0 spiro atoms. The minimum Gasteiger partial charge on any atom is -0.369 e. The van der Waals surface area contributed by atoms with Crippen LogP contribution in [0, 0.1) is 5.92 Å². The van der Waals surface area contributed by atoms with E-state index in [1.54, 1.807) is 12.1 Å². The third-order valence-electron chi connectivity index (χ3n) is 6.51. The van der Waals surface area contributed by atoms with Gasteiger partial charge in [-0.15, -0.1) is 0 Å². The Balaban J connectivity index is 1.30. The van der Waals surface area contributed by atoms with E-state index in [2.05, 4.69) is 16.0 Å². The number of fused-ring (bicyclic) bond motifs is 1. The van der Waals surface area contributed by atoms with Crippen molar-refractivity contribution in [2.75, 3.05) is 0 Å². The van der Waals surface area contributed by atoms with E-state index in [1.807, 2.05) is 6.07 Å². The molecule has 5 N–H and O–H groups in total. The van der Waals surface area contributed by atoms with E-state index < -0.39 is 11.9 Å². The molecular formula is C22H27N5O5. The number of urea groups is 1. The fraction of sp³-hybridized carbons (Fsp3) is 0.500. The molecule has 1 unspecified atom stereocenters. The van der Waals surface area contributed by atoms with Gasteiger partial charge in [0, 0.05) is 37.0 Å². The standard InChI is InChI=1S/C22H27N5O5/c23-19(29)13-2-4-15(5-3-13)25-22(32)24-10-12-1-6-16-14(9-12)11-27(21(16)31)17-7-8-18(28)26-20(17)30/h1,6,9,13,15,17H,2-5,7-8,10-11H2,(H2,23,29)(H2,24,25,32)(H,26,28,30). The molecule has 2 fully saturated rings. The van der Waals surface area contributed by atoms with Crippen molar-refractivity contribution < 1.29 is 24.0 Å². The second kappa shape index (κ2) is 8.97. The zero-order chi connectivity index (χ0) is 22.8. The van der Waals surface area contributed by atoms with E-state index in [-0.39, 0.29) is 42.1 Å². The number of hydrogen-bond acceptors (Lipinski definition) is 5. The number of amides is 6. The highest BCUT2D eigenvalue weighted by Gasteiger charge is 2.39. The Morgan fingerprint density at radius 1 is 1.09 bits per heavy atom. The van der Waals surface area contributed by atoms with Gasteiger partial charge in [0.1, 0.15) is 6.04 Å². The molecule has 0 aromatic heterocycles. The summed E-state index contributed by atoms with van der Waals surface area (Å²) < 4.78 is 0. The number of piperidine rings is 1. The molecule has 0 radical (unpaired) electrons. The molecule has 10 nitrogen and oxygen atoms in total. The van der Waals surface area contributed by atoms with Crippen LogP contribution in [-0.2, 0) is 27.5 Å². The van der Waals surface area contributed by atoms with Gasteiger partial charge >= 0.3 is 6.03 Å². The smallest absolute Gasteiger partial charge is 0.315 e. The molecule has 1 saturated carbocycles. The number of hydrogen-bond donors (Lipinski definition) is 4. The van der Waals surface area contributed by atoms with Crippen molar-refractivity contribution in [1.29, 1.82) is 0 Å². The first kappa shape index (κ1) is 21.8. The predicted molar refractivity (Wildman–Crippen MR) is 113 cm³/mol. The molecule has 6 amide bonds. The molecule has 170 valence electrons. The summed E-state index contributed by atoms with van der Waals surface area (Å²) in [6, 6.07) is 4.44. The first-order valence-electron chi connectivity index (χ1n) is 10.9. The minimum absolute atomic E-state index is 0.0188. The fourth-order valence-corrected chi connectivity index (χ4v) is 4.68. The Morgan fingerprint density at radius 3 is 2.53 bits per heavy atom. The summed E-state index contributed by atoms with van der Waals surface area (Å²) in [7, 11) is 0. The van der Waals surface area contributed by atoms with Gasteiger partial charge in [0.2, 0.25) is 17.7 Å². The average Bonchev–Trinajstić information content (AvgIpc) is 3.08. The summed E-state index contributed by atoms with van der Waals surface area (Å²) in [4.78, 5) is 61.3. The number of benzene rings is 1. The molecule has 10 heteroatoms. The van der Waals surface area contributed by atoms with Crippen LogP contribution in [0.3, 0.4) is 0 Å². The predicted octanol–water partition coefficient (Wildman–Crippen LogP) is 0.291. The first-order chi connectivity index (χ1) is 15.3. The molecule has 1 aromatic rings. The summed E-state index contributed by atoms with van der Waals surface area (Å²) in [5.41, 5.74) is 7.51. The Labute approximate surface area is 185 Å². The molecule has 1 saturated heterocycles. The lowest BCUT2D eigenvalue weighted by molar-refractivity contribution is -0.137. The third-order valence-corrected chi connectivity index (χ3v) is 6.51. The fourth-order valence-electron chi connectivity index (χ4n) is 4.68. The van der Waals surface area contributed by atoms with Gasteiger partial charge in [-0.25, -0.2) is 4.79 Å². The van der Waals surface area contributed by atoms with E-state index in [0.29, 0.717) is 37.9 Å². The van der Waals surface area contributed by atoms with Gasteiger partial charge in [-0.3, -0.25) is 24.5 Å². The molecule has 1 atom stereocenters. The third kappa shape index (κ3) is 4.58. The van der Waals surface area contributed by atoms with Gasteiger partial charge in [-0.1, -0.05) is 12.1 Å².